The van der Waals surface area contributed by atoms with Crippen molar-refractivity contribution in [1.29, 1.82) is 0 Å². The molecule has 1 atom stereocenters. The summed E-state index contributed by atoms with van der Waals surface area (Å²) in [7, 11) is 0. The van der Waals surface area contributed by atoms with E-state index in [1.165, 1.54) is 0 Å². The van der Waals surface area contributed by atoms with E-state index in [-0.39, 0.29) is 6.10 Å². The van der Waals surface area contributed by atoms with Crippen LogP contribution in [0.2, 0.25) is 0 Å². The number of aliphatic hydroxyl groups excluding tert-OH is 1. The maximum absolute atomic E-state index is 9.90. The van der Waals surface area contributed by atoms with E-state index < -0.39 is 0 Å². The van der Waals surface area contributed by atoms with Crippen molar-refractivity contribution >= 4 is 0 Å². The zero-order valence-electron chi connectivity index (χ0n) is 9.50. The fourth-order valence-corrected chi connectivity index (χ4v) is 1.63. The van der Waals surface area contributed by atoms with Crippen molar-refractivity contribution in [3.8, 4) is 0 Å². The van der Waals surface area contributed by atoms with Gasteiger partial charge in [0.15, 0.2) is 0 Å². The molecule has 2 heteroatoms. The number of furan rings is 1. The molecule has 0 bridgehead atoms. The van der Waals surface area contributed by atoms with Crippen LogP contribution in [0.4, 0.5) is 0 Å². The van der Waals surface area contributed by atoms with Gasteiger partial charge in [0.05, 0.1) is 6.10 Å². The Morgan fingerprint density at radius 2 is 1.93 bits per heavy atom. The van der Waals surface area contributed by atoms with Gasteiger partial charge in [-0.3, -0.25) is 0 Å². The summed E-state index contributed by atoms with van der Waals surface area (Å²) >= 11 is 0. The zero-order valence-corrected chi connectivity index (χ0v) is 9.50. The lowest BCUT2D eigenvalue weighted by Gasteiger charge is -2.10. The number of aryl methyl sites for hydroxylation is 2. The van der Waals surface area contributed by atoms with Crippen LogP contribution in [0, 0.1) is 19.8 Å². The third-order valence-electron chi connectivity index (χ3n) is 2.46. The van der Waals surface area contributed by atoms with Crippen LogP contribution in [0.3, 0.4) is 0 Å². The number of hydrogen-bond donors (Lipinski definition) is 1. The molecular weight excluding hydrogens is 176 g/mol. The van der Waals surface area contributed by atoms with Gasteiger partial charge in [-0.05, 0) is 38.7 Å². The van der Waals surface area contributed by atoms with E-state index in [2.05, 4.69) is 13.8 Å². The van der Waals surface area contributed by atoms with Crippen LogP contribution in [0.5, 0.6) is 0 Å². The van der Waals surface area contributed by atoms with Crippen molar-refractivity contribution in [3.63, 3.8) is 0 Å². The smallest absolute Gasteiger partial charge is 0.106 e. The predicted octanol–water partition coefficient (Wildman–Crippen LogP) is 3.37. The second-order valence-corrected chi connectivity index (χ2v) is 4.36. The van der Waals surface area contributed by atoms with Gasteiger partial charge in [-0.2, -0.15) is 0 Å². The first kappa shape index (κ1) is 11.3. The molecule has 80 valence electrons. The van der Waals surface area contributed by atoms with E-state index in [9.17, 15) is 5.11 Å². The predicted molar refractivity (Wildman–Crippen MR) is 57.2 cm³/mol. The van der Waals surface area contributed by atoms with Crippen LogP contribution in [0.1, 0.15) is 49.9 Å². The Morgan fingerprint density at radius 3 is 2.36 bits per heavy atom. The molecule has 0 fully saturated rings. The molecule has 0 aliphatic rings. The lowest BCUT2D eigenvalue weighted by molar-refractivity contribution is 0.157. The molecule has 0 amide bonds. The SMILES string of the molecule is Cc1cc(C(O)CCC(C)C)c(C)o1. The van der Waals surface area contributed by atoms with Crippen LogP contribution in [-0.2, 0) is 0 Å². The molecule has 0 aliphatic carbocycles. The topological polar surface area (TPSA) is 33.4 Å². The first-order valence-corrected chi connectivity index (χ1v) is 5.25. The van der Waals surface area contributed by atoms with Crippen molar-refractivity contribution in [2.24, 2.45) is 5.92 Å². The monoisotopic (exact) mass is 196 g/mol. The summed E-state index contributed by atoms with van der Waals surface area (Å²) in [5.74, 6) is 2.36. The Morgan fingerprint density at radius 1 is 1.29 bits per heavy atom. The molecule has 0 aliphatic heterocycles. The van der Waals surface area contributed by atoms with Crippen molar-refractivity contribution in [2.45, 2.75) is 46.6 Å². The minimum atomic E-state index is -0.366. The summed E-state index contributed by atoms with van der Waals surface area (Å²) in [5.41, 5.74) is 0.947. The largest absolute Gasteiger partial charge is 0.466 e. The highest BCUT2D eigenvalue weighted by molar-refractivity contribution is 5.22. The minimum Gasteiger partial charge on any atom is -0.466 e. The molecule has 2 nitrogen and oxygen atoms in total. The first-order chi connectivity index (χ1) is 6.50. The van der Waals surface area contributed by atoms with Gasteiger partial charge in [-0.1, -0.05) is 13.8 Å². The average molecular weight is 196 g/mol. The van der Waals surface area contributed by atoms with E-state index in [1.54, 1.807) is 0 Å². The van der Waals surface area contributed by atoms with Gasteiger partial charge < -0.3 is 9.52 Å². The van der Waals surface area contributed by atoms with Gasteiger partial charge in [0, 0.05) is 5.56 Å². The third-order valence-corrected chi connectivity index (χ3v) is 2.46. The Balaban J connectivity index is 2.60. The molecule has 1 rings (SSSR count). The van der Waals surface area contributed by atoms with Crippen molar-refractivity contribution < 1.29 is 9.52 Å². The standard InChI is InChI=1S/C12H20O2/c1-8(2)5-6-12(13)11-7-9(3)14-10(11)4/h7-8,12-13H,5-6H2,1-4H3. The number of hydrogen-bond acceptors (Lipinski definition) is 2. The van der Waals surface area contributed by atoms with Gasteiger partial charge >= 0.3 is 0 Å². The molecule has 1 unspecified atom stereocenters. The van der Waals surface area contributed by atoms with Crippen LogP contribution in [0.15, 0.2) is 10.5 Å². The normalized spacial score (nSPS) is 13.6. The lowest BCUT2D eigenvalue weighted by Crippen LogP contribution is -1.99. The summed E-state index contributed by atoms with van der Waals surface area (Å²) in [6, 6.07) is 1.93. The van der Waals surface area contributed by atoms with E-state index in [0.29, 0.717) is 5.92 Å². The van der Waals surface area contributed by atoms with Crippen LogP contribution >= 0.6 is 0 Å². The van der Waals surface area contributed by atoms with Gasteiger partial charge in [-0.15, -0.1) is 0 Å². The molecule has 1 aromatic rings. The molecule has 1 N–H and O–H groups in total. The third kappa shape index (κ3) is 2.88. The number of aliphatic hydroxyl groups is 1. The highest BCUT2D eigenvalue weighted by atomic mass is 16.3. The van der Waals surface area contributed by atoms with Gasteiger partial charge in [0.25, 0.3) is 0 Å². The Bertz CT molecular complexity index is 287. The van der Waals surface area contributed by atoms with Gasteiger partial charge in [-0.25, -0.2) is 0 Å². The van der Waals surface area contributed by atoms with Crippen LogP contribution in [-0.4, -0.2) is 5.11 Å². The fourth-order valence-electron chi connectivity index (χ4n) is 1.63. The Hall–Kier alpha value is -0.760. The summed E-state index contributed by atoms with van der Waals surface area (Å²) in [6.07, 6.45) is 1.50. The molecule has 1 aromatic heterocycles. The second-order valence-electron chi connectivity index (χ2n) is 4.36. The molecule has 1 heterocycles. The minimum absolute atomic E-state index is 0.366. The molecule has 0 aromatic carbocycles. The van der Waals surface area contributed by atoms with Crippen LogP contribution in [0.25, 0.3) is 0 Å². The van der Waals surface area contributed by atoms with E-state index in [1.807, 2.05) is 19.9 Å². The molecular formula is C12H20O2. The van der Waals surface area contributed by atoms with E-state index >= 15 is 0 Å². The quantitative estimate of drug-likeness (QED) is 0.801. The van der Waals surface area contributed by atoms with E-state index in [0.717, 1.165) is 29.9 Å². The van der Waals surface area contributed by atoms with Gasteiger partial charge in [0.1, 0.15) is 11.5 Å². The fraction of sp³-hybridized carbons (Fsp3) is 0.667. The van der Waals surface area contributed by atoms with Crippen LogP contribution < -0.4 is 0 Å². The summed E-state index contributed by atoms with van der Waals surface area (Å²) in [5, 5.41) is 9.90. The van der Waals surface area contributed by atoms with Crippen molar-refractivity contribution in [2.75, 3.05) is 0 Å². The molecule has 0 radical (unpaired) electrons. The summed E-state index contributed by atoms with van der Waals surface area (Å²) < 4.78 is 5.38. The first-order valence-electron chi connectivity index (χ1n) is 5.25. The average Bonchev–Trinajstić information content (AvgIpc) is 2.41. The molecule has 0 saturated heterocycles. The van der Waals surface area contributed by atoms with Crippen molar-refractivity contribution in [3.05, 3.63) is 23.2 Å². The maximum atomic E-state index is 9.90. The van der Waals surface area contributed by atoms with E-state index in [4.69, 9.17) is 4.42 Å². The maximum Gasteiger partial charge on any atom is 0.106 e. The zero-order chi connectivity index (χ0) is 10.7. The second kappa shape index (κ2) is 4.65. The molecule has 0 saturated carbocycles. The highest BCUT2D eigenvalue weighted by Crippen LogP contribution is 2.26. The van der Waals surface area contributed by atoms with Gasteiger partial charge in [0.2, 0.25) is 0 Å². The van der Waals surface area contributed by atoms with Crippen molar-refractivity contribution in [1.82, 2.24) is 0 Å². The Labute approximate surface area is 85.9 Å². The molecule has 0 spiro atoms. The number of rotatable bonds is 4. The summed E-state index contributed by atoms with van der Waals surface area (Å²) in [6.45, 7) is 8.15. The Kier molecular flexibility index (Phi) is 3.76. The summed E-state index contributed by atoms with van der Waals surface area (Å²) in [4.78, 5) is 0. The molecule has 14 heavy (non-hydrogen) atoms. The lowest BCUT2D eigenvalue weighted by atomic mass is 10.0. The highest BCUT2D eigenvalue weighted by Gasteiger charge is 2.14.